The predicted octanol–water partition coefficient (Wildman–Crippen LogP) is 2.80. The summed E-state index contributed by atoms with van der Waals surface area (Å²) in [5.74, 6) is 0. The van der Waals surface area contributed by atoms with Gasteiger partial charge in [-0.15, -0.1) is 0 Å². The Bertz CT molecular complexity index is 188. The second-order valence-electron chi connectivity index (χ2n) is 3.66. The largest absolute Gasteiger partial charge is 0.392 e. The Kier molecular flexibility index (Phi) is 8.34. The van der Waals surface area contributed by atoms with Crippen molar-refractivity contribution in [2.45, 2.75) is 45.1 Å². The molecule has 1 N–H and O–H groups in total. The van der Waals surface area contributed by atoms with Crippen molar-refractivity contribution in [3.63, 3.8) is 0 Å². The molecule has 0 bridgehead atoms. The van der Waals surface area contributed by atoms with Crippen LogP contribution in [0.25, 0.3) is 0 Å². The van der Waals surface area contributed by atoms with Crippen LogP contribution >= 0.6 is 7.60 Å². The molecule has 0 spiro atoms. The van der Waals surface area contributed by atoms with Crippen LogP contribution in [-0.4, -0.2) is 31.6 Å². The number of unbranched alkanes of at least 4 members (excludes halogenated alkanes) is 3. The molecular formula is C10H23O4P. The molecule has 92 valence electrons. The molecule has 0 rings (SSSR count). The minimum atomic E-state index is -3.04. The summed E-state index contributed by atoms with van der Waals surface area (Å²) in [5.41, 5.74) is 0. The molecule has 5 heteroatoms. The van der Waals surface area contributed by atoms with Gasteiger partial charge in [0.2, 0.25) is 0 Å². The minimum absolute atomic E-state index is 0.0894. The summed E-state index contributed by atoms with van der Waals surface area (Å²) in [5, 5.41) is 9.61. The summed E-state index contributed by atoms with van der Waals surface area (Å²) in [6.45, 7) is 2.14. The third-order valence-corrected chi connectivity index (χ3v) is 4.36. The van der Waals surface area contributed by atoms with Crippen LogP contribution in [0, 0.1) is 0 Å². The lowest BCUT2D eigenvalue weighted by Crippen LogP contribution is -2.14. The molecule has 0 saturated carbocycles. The molecule has 1 atom stereocenters. The maximum atomic E-state index is 11.6. The van der Waals surface area contributed by atoms with Gasteiger partial charge < -0.3 is 14.2 Å². The molecule has 4 nitrogen and oxygen atoms in total. The van der Waals surface area contributed by atoms with E-state index in [1.165, 1.54) is 27.1 Å². The summed E-state index contributed by atoms with van der Waals surface area (Å²) in [4.78, 5) is 0. The van der Waals surface area contributed by atoms with Crippen LogP contribution in [0.3, 0.4) is 0 Å². The van der Waals surface area contributed by atoms with E-state index in [0.29, 0.717) is 6.42 Å². The first-order valence-corrected chi connectivity index (χ1v) is 7.19. The predicted molar refractivity (Wildman–Crippen MR) is 61.3 cm³/mol. The Balaban J connectivity index is 3.72. The van der Waals surface area contributed by atoms with E-state index >= 15 is 0 Å². The lowest BCUT2D eigenvalue weighted by molar-refractivity contribution is 0.168. The molecule has 0 heterocycles. The van der Waals surface area contributed by atoms with Gasteiger partial charge in [0.25, 0.3) is 0 Å². The Morgan fingerprint density at radius 2 is 1.80 bits per heavy atom. The van der Waals surface area contributed by atoms with E-state index in [1.54, 1.807) is 0 Å². The quantitative estimate of drug-likeness (QED) is 0.495. The van der Waals surface area contributed by atoms with Gasteiger partial charge in [0.05, 0.1) is 12.3 Å². The summed E-state index contributed by atoms with van der Waals surface area (Å²) >= 11 is 0. The zero-order chi connectivity index (χ0) is 11.7. The van der Waals surface area contributed by atoms with Crippen LogP contribution in [0.5, 0.6) is 0 Å². The van der Waals surface area contributed by atoms with Crippen LogP contribution in [0.2, 0.25) is 0 Å². The number of hydrogen-bond acceptors (Lipinski definition) is 4. The fourth-order valence-corrected chi connectivity index (χ4v) is 2.53. The first-order chi connectivity index (χ1) is 7.08. The molecule has 0 aromatic carbocycles. The van der Waals surface area contributed by atoms with Gasteiger partial charge >= 0.3 is 7.60 Å². The van der Waals surface area contributed by atoms with Crippen molar-refractivity contribution >= 4 is 7.60 Å². The molecule has 0 radical (unpaired) electrons. The van der Waals surface area contributed by atoms with Crippen molar-refractivity contribution in [1.82, 2.24) is 0 Å². The SMILES string of the molecule is CCCCCCC(O)CP(=O)(OC)OC. The highest BCUT2D eigenvalue weighted by Crippen LogP contribution is 2.47. The fourth-order valence-electron chi connectivity index (χ4n) is 1.38. The van der Waals surface area contributed by atoms with Crippen LogP contribution in [0.1, 0.15) is 39.0 Å². The fraction of sp³-hybridized carbons (Fsp3) is 1.00. The third kappa shape index (κ3) is 7.07. The first kappa shape index (κ1) is 15.1. The van der Waals surface area contributed by atoms with E-state index in [9.17, 15) is 9.67 Å². The zero-order valence-corrected chi connectivity index (χ0v) is 10.8. The number of aliphatic hydroxyl groups is 1. The van der Waals surface area contributed by atoms with Gasteiger partial charge in [0.1, 0.15) is 0 Å². The van der Waals surface area contributed by atoms with Gasteiger partial charge in [-0.05, 0) is 6.42 Å². The molecule has 15 heavy (non-hydrogen) atoms. The highest BCUT2D eigenvalue weighted by molar-refractivity contribution is 7.53. The van der Waals surface area contributed by atoms with Gasteiger partial charge in [-0.2, -0.15) is 0 Å². The highest BCUT2D eigenvalue weighted by Gasteiger charge is 2.25. The van der Waals surface area contributed by atoms with Crippen LogP contribution < -0.4 is 0 Å². The third-order valence-electron chi connectivity index (χ3n) is 2.38. The Morgan fingerprint density at radius 3 is 2.27 bits per heavy atom. The van der Waals surface area contributed by atoms with Crippen LogP contribution in [0.15, 0.2) is 0 Å². The zero-order valence-electron chi connectivity index (χ0n) is 9.94. The Morgan fingerprint density at radius 1 is 1.20 bits per heavy atom. The minimum Gasteiger partial charge on any atom is -0.392 e. The Hall–Kier alpha value is 0.110. The van der Waals surface area contributed by atoms with Crippen molar-refractivity contribution in [2.75, 3.05) is 20.4 Å². The molecule has 0 aromatic heterocycles. The number of hydrogen-bond donors (Lipinski definition) is 1. The normalized spacial score (nSPS) is 14.1. The topological polar surface area (TPSA) is 55.8 Å². The van der Waals surface area contributed by atoms with E-state index < -0.39 is 13.7 Å². The molecule has 0 saturated heterocycles. The Labute approximate surface area is 92.5 Å². The molecule has 0 aliphatic carbocycles. The first-order valence-electron chi connectivity index (χ1n) is 5.46. The highest BCUT2D eigenvalue weighted by atomic mass is 31.2. The molecule has 0 amide bonds. The van der Waals surface area contributed by atoms with Gasteiger partial charge in [0.15, 0.2) is 0 Å². The molecule has 0 aliphatic rings. The number of rotatable bonds is 9. The van der Waals surface area contributed by atoms with Crippen LogP contribution in [0.4, 0.5) is 0 Å². The monoisotopic (exact) mass is 238 g/mol. The molecule has 0 aromatic rings. The summed E-state index contributed by atoms with van der Waals surface area (Å²) in [6, 6.07) is 0. The van der Waals surface area contributed by atoms with Gasteiger partial charge in [-0.3, -0.25) is 4.57 Å². The van der Waals surface area contributed by atoms with Crippen LogP contribution in [-0.2, 0) is 13.6 Å². The van der Waals surface area contributed by atoms with E-state index in [-0.39, 0.29) is 6.16 Å². The van der Waals surface area contributed by atoms with Crippen molar-refractivity contribution < 1.29 is 18.7 Å². The maximum Gasteiger partial charge on any atom is 0.332 e. The van der Waals surface area contributed by atoms with Crippen molar-refractivity contribution in [3.8, 4) is 0 Å². The average molecular weight is 238 g/mol. The van der Waals surface area contributed by atoms with Crippen molar-refractivity contribution in [2.24, 2.45) is 0 Å². The van der Waals surface area contributed by atoms with E-state index in [0.717, 1.165) is 12.8 Å². The summed E-state index contributed by atoms with van der Waals surface area (Å²) < 4.78 is 21.2. The van der Waals surface area contributed by atoms with E-state index in [2.05, 4.69) is 6.92 Å². The smallest absolute Gasteiger partial charge is 0.332 e. The lowest BCUT2D eigenvalue weighted by atomic mass is 10.1. The second-order valence-corrected chi connectivity index (χ2v) is 5.98. The van der Waals surface area contributed by atoms with Gasteiger partial charge in [-0.25, -0.2) is 0 Å². The summed E-state index contributed by atoms with van der Waals surface area (Å²) in [6.07, 6.45) is 4.58. The second kappa shape index (κ2) is 8.28. The summed E-state index contributed by atoms with van der Waals surface area (Å²) in [7, 11) is -0.360. The standard InChI is InChI=1S/C10H23O4P/c1-4-5-6-7-8-10(11)9-15(12,13-2)14-3/h10-11H,4-9H2,1-3H3. The molecule has 1 unspecified atom stereocenters. The molecule has 0 aliphatic heterocycles. The molecular weight excluding hydrogens is 215 g/mol. The van der Waals surface area contributed by atoms with Gasteiger partial charge in [-0.1, -0.05) is 32.6 Å². The van der Waals surface area contributed by atoms with Crippen molar-refractivity contribution in [3.05, 3.63) is 0 Å². The van der Waals surface area contributed by atoms with E-state index in [4.69, 9.17) is 9.05 Å². The van der Waals surface area contributed by atoms with Gasteiger partial charge in [0, 0.05) is 14.2 Å². The molecule has 0 fully saturated rings. The average Bonchev–Trinajstić information content (AvgIpc) is 2.24. The maximum absolute atomic E-state index is 11.6. The van der Waals surface area contributed by atoms with Crippen molar-refractivity contribution in [1.29, 1.82) is 0 Å². The van der Waals surface area contributed by atoms with E-state index in [1.807, 2.05) is 0 Å². The lowest BCUT2D eigenvalue weighted by Gasteiger charge is -2.17. The number of aliphatic hydroxyl groups excluding tert-OH is 1.